The molecule has 0 aromatic heterocycles. The van der Waals surface area contributed by atoms with Crippen LogP contribution in [0.5, 0.6) is 5.75 Å². The third kappa shape index (κ3) is 4.27. The van der Waals surface area contributed by atoms with Gasteiger partial charge in [0, 0.05) is 16.6 Å². The van der Waals surface area contributed by atoms with Crippen molar-refractivity contribution in [1.29, 1.82) is 0 Å². The van der Waals surface area contributed by atoms with Crippen LogP contribution in [0, 0.1) is 5.41 Å². The SMILES string of the molecule is O=C(COc1ccc(Cl)c(Cl)c1)NC12CC(CCCc3cccc(Cl)c3)(C1)C2. The van der Waals surface area contributed by atoms with Gasteiger partial charge in [-0.1, -0.05) is 46.9 Å². The van der Waals surface area contributed by atoms with E-state index in [-0.39, 0.29) is 18.1 Å². The van der Waals surface area contributed by atoms with Crippen LogP contribution in [0.1, 0.15) is 37.7 Å². The second-order valence-electron chi connectivity index (χ2n) is 8.21. The Morgan fingerprint density at radius 3 is 2.54 bits per heavy atom. The van der Waals surface area contributed by atoms with E-state index < -0.39 is 0 Å². The third-order valence-corrected chi connectivity index (χ3v) is 6.84. The molecular formula is C22H22Cl3NO2. The quantitative estimate of drug-likeness (QED) is 0.542. The zero-order valence-electron chi connectivity index (χ0n) is 15.4. The molecule has 28 heavy (non-hydrogen) atoms. The summed E-state index contributed by atoms with van der Waals surface area (Å²) in [6, 6.07) is 13.1. The van der Waals surface area contributed by atoms with Crippen LogP contribution < -0.4 is 10.1 Å². The van der Waals surface area contributed by atoms with E-state index in [9.17, 15) is 4.79 Å². The molecule has 2 aromatic rings. The minimum Gasteiger partial charge on any atom is -0.484 e. The Morgan fingerprint density at radius 2 is 1.82 bits per heavy atom. The van der Waals surface area contributed by atoms with Crippen LogP contribution in [0.25, 0.3) is 0 Å². The Hall–Kier alpha value is -1.42. The summed E-state index contributed by atoms with van der Waals surface area (Å²) in [6.45, 7) is -0.0124. The van der Waals surface area contributed by atoms with Gasteiger partial charge in [-0.3, -0.25) is 4.79 Å². The summed E-state index contributed by atoms with van der Waals surface area (Å²) in [4.78, 5) is 12.2. The first-order valence-corrected chi connectivity index (χ1v) is 10.6. The van der Waals surface area contributed by atoms with E-state index in [0.717, 1.165) is 37.1 Å². The average Bonchev–Trinajstić information content (AvgIpc) is 2.59. The number of hydrogen-bond donors (Lipinski definition) is 1. The number of aryl methyl sites for hydroxylation is 1. The van der Waals surface area contributed by atoms with Crippen molar-refractivity contribution in [2.75, 3.05) is 6.61 Å². The highest BCUT2D eigenvalue weighted by molar-refractivity contribution is 6.42. The van der Waals surface area contributed by atoms with E-state index in [2.05, 4.69) is 11.4 Å². The monoisotopic (exact) mass is 437 g/mol. The predicted molar refractivity (Wildman–Crippen MR) is 114 cm³/mol. The molecule has 0 heterocycles. The maximum atomic E-state index is 12.2. The van der Waals surface area contributed by atoms with Crippen molar-refractivity contribution in [2.24, 2.45) is 5.41 Å². The van der Waals surface area contributed by atoms with Crippen LogP contribution in [0.2, 0.25) is 15.1 Å². The number of nitrogens with one attached hydrogen (secondary N) is 1. The topological polar surface area (TPSA) is 38.3 Å². The lowest BCUT2D eigenvalue weighted by Gasteiger charge is -2.71. The van der Waals surface area contributed by atoms with Gasteiger partial charge >= 0.3 is 0 Å². The lowest BCUT2D eigenvalue weighted by Crippen LogP contribution is -2.74. The first-order chi connectivity index (χ1) is 13.4. The first-order valence-electron chi connectivity index (χ1n) is 9.51. The van der Waals surface area contributed by atoms with Crippen LogP contribution in [0.4, 0.5) is 0 Å². The number of carbonyl (C=O) groups excluding carboxylic acids is 1. The minimum absolute atomic E-state index is 0.00581. The van der Waals surface area contributed by atoms with Gasteiger partial charge in [0.15, 0.2) is 6.61 Å². The molecule has 6 heteroatoms. The van der Waals surface area contributed by atoms with E-state index in [1.807, 2.05) is 18.2 Å². The number of ether oxygens (including phenoxy) is 1. The molecule has 0 radical (unpaired) electrons. The van der Waals surface area contributed by atoms with Crippen molar-refractivity contribution in [3.63, 3.8) is 0 Å². The molecule has 3 aliphatic rings. The molecule has 3 aliphatic carbocycles. The van der Waals surface area contributed by atoms with Gasteiger partial charge in [-0.2, -0.15) is 0 Å². The molecule has 0 spiro atoms. The molecule has 0 aliphatic heterocycles. The summed E-state index contributed by atoms with van der Waals surface area (Å²) in [5.41, 5.74) is 1.71. The number of benzene rings is 2. The molecule has 0 unspecified atom stereocenters. The maximum absolute atomic E-state index is 12.2. The summed E-state index contributed by atoms with van der Waals surface area (Å²) < 4.78 is 5.52. The highest BCUT2D eigenvalue weighted by atomic mass is 35.5. The van der Waals surface area contributed by atoms with Gasteiger partial charge in [-0.25, -0.2) is 0 Å². The van der Waals surface area contributed by atoms with Gasteiger partial charge in [0.2, 0.25) is 0 Å². The normalized spacial score (nSPS) is 24.8. The molecule has 2 aromatic carbocycles. The maximum Gasteiger partial charge on any atom is 0.258 e. The molecule has 2 bridgehead atoms. The van der Waals surface area contributed by atoms with Gasteiger partial charge in [0.25, 0.3) is 5.91 Å². The summed E-state index contributed by atoms with van der Waals surface area (Å²) in [6.07, 6.45) is 6.65. The first kappa shape index (κ1) is 19.9. The zero-order chi connectivity index (χ0) is 19.8. The van der Waals surface area contributed by atoms with Gasteiger partial charge in [-0.15, -0.1) is 0 Å². The molecule has 3 fully saturated rings. The van der Waals surface area contributed by atoms with Crippen molar-refractivity contribution in [2.45, 2.75) is 44.1 Å². The molecule has 1 amide bonds. The number of rotatable bonds is 8. The molecule has 3 saturated carbocycles. The standard InChI is InChI=1S/C22H22Cl3NO2/c23-16-5-1-3-15(9-16)4-2-8-21-12-22(13-21,14-21)26-20(27)11-28-17-6-7-18(24)19(25)10-17/h1,3,5-7,9-10H,2,4,8,11-14H2,(H,26,27). The van der Waals surface area contributed by atoms with E-state index in [1.165, 1.54) is 12.0 Å². The largest absolute Gasteiger partial charge is 0.484 e. The number of hydrogen-bond acceptors (Lipinski definition) is 2. The van der Waals surface area contributed by atoms with Gasteiger partial charge in [-0.05, 0) is 73.8 Å². The van der Waals surface area contributed by atoms with Crippen molar-refractivity contribution in [1.82, 2.24) is 5.32 Å². The second-order valence-corrected chi connectivity index (χ2v) is 9.46. The molecule has 0 atom stereocenters. The Balaban J connectivity index is 1.17. The Kier molecular flexibility index (Phi) is 5.52. The van der Waals surface area contributed by atoms with Crippen molar-refractivity contribution in [3.05, 3.63) is 63.1 Å². The fourth-order valence-electron chi connectivity index (χ4n) is 4.80. The zero-order valence-corrected chi connectivity index (χ0v) is 17.7. The van der Waals surface area contributed by atoms with Crippen LogP contribution in [0.3, 0.4) is 0 Å². The highest BCUT2D eigenvalue weighted by Crippen LogP contribution is 2.69. The summed E-state index contributed by atoms with van der Waals surface area (Å²) in [7, 11) is 0. The molecule has 3 nitrogen and oxygen atoms in total. The summed E-state index contributed by atoms with van der Waals surface area (Å²) >= 11 is 17.9. The van der Waals surface area contributed by atoms with Crippen LogP contribution in [-0.2, 0) is 11.2 Å². The minimum atomic E-state index is -0.0849. The van der Waals surface area contributed by atoms with E-state index >= 15 is 0 Å². The fourth-order valence-corrected chi connectivity index (χ4v) is 5.30. The Morgan fingerprint density at radius 1 is 1.04 bits per heavy atom. The lowest BCUT2D eigenvalue weighted by molar-refractivity contribution is -0.169. The predicted octanol–water partition coefficient (Wildman–Crippen LogP) is 6.09. The number of halogens is 3. The average molecular weight is 439 g/mol. The summed E-state index contributed by atoms with van der Waals surface area (Å²) in [5.74, 6) is 0.456. The van der Waals surface area contributed by atoms with Crippen LogP contribution in [0.15, 0.2) is 42.5 Å². The number of carbonyl (C=O) groups is 1. The molecular weight excluding hydrogens is 417 g/mol. The molecule has 0 saturated heterocycles. The second kappa shape index (κ2) is 7.78. The highest BCUT2D eigenvalue weighted by Gasteiger charge is 2.67. The van der Waals surface area contributed by atoms with Gasteiger partial charge in [0.05, 0.1) is 10.0 Å². The molecule has 5 rings (SSSR count). The smallest absolute Gasteiger partial charge is 0.258 e. The van der Waals surface area contributed by atoms with Gasteiger partial charge < -0.3 is 10.1 Å². The molecule has 148 valence electrons. The van der Waals surface area contributed by atoms with Crippen molar-refractivity contribution < 1.29 is 9.53 Å². The van der Waals surface area contributed by atoms with E-state index in [4.69, 9.17) is 39.5 Å². The Bertz CT molecular complexity index is 879. The van der Waals surface area contributed by atoms with E-state index in [1.54, 1.807) is 18.2 Å². The van der Waals surface area contributed by atoms with Crippen molar-refractivity contribution in [3.8, 4) is 5.75 Å². The van der Waals surface area contributed by atoms with E-state index in [0.29, 0.717) is 21.2 Å². The van der Waals surface area contributed by atoms with Crippen molar-refractivity contribution >= 4 is 40.7 Å². The number of amides is 1. The third-order valence-electron chi connectivity index (χ3n) is 5.87. The Labute approximate surface area is 180 Å². The van der Waals surface area contributed by atoms with Crippen LogP contribution >= 0.6 is 34.8 Å². The van der Waals surface area contributed by atoms with Crippen LogP contribution in [-0.4, -0.2) is 18.1 Å². The fraction of sp³-hybridized carbons (Fsp3) is 0.409. The summed E-state index contributed by atoms with van der Waals surface area (Å²) in [5, 5.41) is 4.83. The van der Waals surface area contributed by atoms with Gasteiger partial charge in [0.1, 0.15) is 5.75 Å². The lowest BCUT2D eigenvalue weighted by atomic mass is 9.38. The molecule has 1 N–H and O–H groups in total.